The van der Waals surface area contributed by atoms with Gasteiger partial charge in [0.2, 0.25) is 11.2 Å². The third-order valence-corrected chi connectivity index (χ3v) is 3.01. The standard InChI is InChI=1S/C9H2F16O/c10-4(11,12)2(26)1-3(7(17,18)19,5(13,14)8(20,21)22)6(15,16)9(23,24)25/h1H2. The van der Waals surface area contributed by atoms with Gasteiger partial charge < -0.3 is 0 Å². The molecule has 156 valence electrons. The molecule has 0 spiro atoms. The first-order chi connectivity index (χ1) is 10.9. The molecule has 0 aromatic heterocycles. The summed E-state index contributed by atoms with van der Waals surface area (Å²) in [6.07, 6.45) is -34.9. The molecular weight excluding hydrogens is 428 g/mol. The molecule has 1 nitrogen and oxygen atoms in total. The quantitative estimate of drug-likeness (QED) is 0.543. The van der Waals surface area contributed by atoms with Gasteiger partial charge in [0.15, 0.2) is 0 Å². The second-order valence-corrected chi connectivity index (χ2v) is 4.65. The van der Waals surface area contributed by atoms with Crippen molar-refractivity contribution in [2.24, 2.45) is 5.41 Å². The van der Waals surface area contributed by atoms with Crippen molar-refractivity contribution in [1.82, 2.24) is 0 Å². The summed E-state index contributed by atoms with van der Waals surface area (Å²) in [5, 5.41) is 0. The first kappa shape index (κ1) is 24.6. The van der Waals surface area contributed by atoms with Crippen molar-refractivity contribution < 1.29 is 75.0 Å². The lowest BCUT2D eigenvalue weighted by molar-refractivity contribution is -0.462. The maximum Gasteiger partial charge on any atom is 0.454 e. The molecule has 0 fully saturated rings. The molecule has 0 saturated heterocycles. The first-order valence-electron chi connectivity index (χ1n) is 5.43. The third kappa shape index (κ3) is 3.52. The van der Waals surface area contributed by atoms with Gasteiger partial charge in [-0.25, -0.2) is 0 Å². The van der Waals surface area contributed by atoms with Crippen molar-refractivity contribution in [3.05, 3.63) is 0 Å². The molecule has 0 N–H and O–H groups in total. The van der Waals surface area contributed by atoms with Gasteiger partial charge in [0, 0.05) is 6.42 Å². The number of carbonyl (C=O) groups is 1. The van der Waals surface area contributed by atoms with Crippen molar-refractivity contribution >= 4 is 5.78 Å². The van der Waals surface area contributed by atoms with Gasteiger partial charge in [-0.05, 0) is 0 Å². The minimum atomic E-state index is -8.14. The maximum atomic E-state index is 13.2. The Morgan fingerprint density at radius 1 is 0.500 bits per heavy atom. The molecule has 0 heterocycles. The zero-order valence-corrected chi connectivity index (χ0v) is 11.2. The van der Waals surface area contributed by atoms with Gasteiger partial charge in [-0.1, -0.05) is 0 Å². The number of rotatable bonds is 4. The number of alkyl halides is 16. The number of ketones is 1. The van der Waals surface area contributed by atoms with E-state index >= 15 is 0 Å². The maximum absolute atomic E-state index is 13.2. The van der Waals surface area contributed by atoms with Crippen LogP contribution in [0.2, 0.25) is 0 Å². The second kappa shape index (κ2) is 6.03. The highest BCUT2D eigenvalue weighted by atomic mass is 19.4. The monoisotopic (exact) mass is 430 g/mol. The van der Waals surface area contributed by atoms with Crippen molar-refractivity contribution in [2.75, 3.05) is 0 Å². The Hall–Kier alpha value is -1.45. The van der Waals surface area contributed by atoms with E-state index in [2.05, 4.69) is 0 Å². The summed E-state index contributed by atoms with van der Waals surface area (Å²) >= 11 is 0. The smallest absolute Gasteiger partial charge is 0.290 e. The van der Waals surface area contributed by atoms with E-state index in [4.69, 9.17) is 0 Å². The molecule has 0 bridgehead atoms. The summed E-state index contributed by atoms with van der Waals surface area (Å²) in [5.74, 6) is -20.6. The van der Waals surface area contributed by atoms with Gasteiger partial charge in [-0.2, -0.15) is 70.2 Å². The van der Waals surface area contributed by atoms with E-state index in [0.29, 0.717) is 0 Å². The molecule has 0 amide bonds. The van der Waals surface area contributed by atoms with E-state index in [1.165, 1.54) is 0 Å². The summed E-state index contributed by atoms with van der Waals surface area (Å²) in [7, 11) is 0. The van der Waals surface area contributed by atoms with E-state index in [-0.39, 0.29) is 0 Å². The molecular formula is C9H2F16O. The number of halogens is 16. The molecule has 0 aliphatic carbocycles. The first-order valence-corrected chi connectivity index (χ1v) is 5.43. The van der Waals surface area contributed by atoms with E-state index < -0.39 is 54.2 Å². The Bertz CT molecular complexity index is 502. The van der Waals surface area contributed by atoms with Crippen LogP contribution in [0.3, 0.4) is 0 Å². The minimum Gasteiger partial charge on any atom is -0.290 e. The van der Waals surface area contributed by atoms with Crippen LogP contribution in [-0.2, 0) is 4.79 Å². The van der Waals surface area contributed by atoms with Gasteiger partial charge >= 0.3 is 36.6 Å². The Labute approximate surface area is 130 Å². The molecule has 0 saturated carbocycles. The van der Waals surface area contributed by atoms with E-state index in [1.54, 1.807) is 0 Å². The van der Waals surface area contributed by atoms with Gasteiger partial charge in [0.05, 0.1) is 0 Å². The van der Waals surface area contributed by atoms with Crippen molar-refractivity contribution in [3.8, 4) is 0 Å². The summed E-state index contributed by atoms with van der Waals surface area (Å²) in [4.78, 5) is 10.4. The summed E-state index contributed by atoms with van der Waals surface area (Å²) < 4.78 is 200. The summed E-state index contributed by atoms with van der Waals surface area (Å²) in [6.45, 7) is 0. The number of hydrogen-bond donors (Lipinski definition) is 0. The molecule has 0 radical (unpaired) electrons. The fourth-order valence-corrected chi connectivity index (χ4v) is 1.70. The summed E-state index contributed by atoms with van der Waals surface area (Å²) in [5.41, 5.74) is -7.81. The average Bonchev–Trinajstić information content (AvgIpc) is 2.28. The number of carbonyl (C=O) groups excluding carboxylic acids is 1. The molecule has 26 heavy (non-hydrogen) atoms. The number of Topliss-reactive ketones (excluding diaryl/α,β-unsaturated/α-hetero) is 1. The van der Waals surface area contributed by atoms with Crippen LogP contribution in [0.5, 0.6) is 0 Å². The van der Waals surface area contributed by atoms with Crippen molar-refractivity contribution in [1.29, 1.82) is 0 Å². The fraction of sp³-hybridized carbons (Fsp3) is 0.889. The Kier molecular flexibility index (Phi) is 5.70. The molecule has 17 heteroatoms. The predicted molar refractivity (Wildman–Crippen MR) is 46.2 cm³/mol. The molecule has 0 aromatic carbocycles. The van der Waals surface area contributed by atoms with Crippen LogP contribution in [-0.4, -0.2) is 42.3 Å². The van der Waals surface area contributed by atoms with Crippen LogP contribution in [0.15, 0.2) is 0 Å². The lowest BCUT2D eigenvalue weighted by Gasteiger charge is -2.46. The Morgan fingerprint density at radius 3 is 0.923 bits per heavy atom. The molecule has 0 unspecified atom stereocenters. The van der Waals surface area contributed by atoms with Crippen LogP contribution < -0.4 is 0 Å². The highest BCUT2D eigenvalue weighted by Crippen LogP contribution is 2.68. The molecule has 0 rings (SSSR count). The fourth-order valence-electron chi connectivity index (χ4n) is 1.70. The van der Waals surface area contributed by atoms with E-state index in [9.17, 15) is 75.0 Å². The van der Waals surface area contributed by atoms with Gasteiger partial charge in [-0.3, -0.25) is 4.79 Å². The number of hydrogen-bond acceptors (Lipinski definition) is 1. The molecule has 0 atom stereocenters. The van der Waals surface area contributed by atoms with Crippen LogP contribution in [0, 0.1) is 5.41 Å². The van der Waals surface area contributed by atoms with Crippen molar-refractivity contribution in [2.45, 2.75) is 43.0 Å². The second-order valence-electron chi connectivity index (χ2n) is 4.65. The van der Waals surface area contributed by atoms with Crippen molar-refractivity contribution in [3.63, 3.8) is 0 Å². The topological polar surface area (TPSA) is 17.1 Å². The zero-order chi connectivity index (χ0) is 21.8. The van der Waals surface area contributed by atoms with Crippen LogP contribution >= 0.6 is 0 Å². The highest BCUT2D eigenvalue weighted by Gasteiger charge is 2.93. The SMILES string of the molecule is O=C(CC(C(F)(F)F)(C(F)(F)C(F)(F)F)C(F)(F)C(F)(F)F)C(F)(F)F. The van der Waals surface area contributed by atoms with Gasteiger partial charge in [0.1, 0.15) is 0 Å². The van der Waals surface area contributed by atoms with E-state index in [0.717, 1.165) is 0 Å². The largest absolute Gasteiger partial charge is 0.454 e. The lowest BCUT2D eigenvalue weighted by atomic mass is 9.69. The predicted octanol–water partition coefficient (Wildman–Crippen LogP) is 5.45. The zero-order valence-electron chi connectivity index (χ0n) is 11.2. The normalized spacial score (nSPS) is 16.0. The van der Waals surface area contributed by atoms with Gasteiger partial charge in [-0.15, -0.1) is 0 Å². The molecule has 0 aliphatic heterocycles. The molecule has 0 aromatic rings. The summed E-state index contributed by atoms with van der Waals surface area (Å²) in [6, 6.07) is 0. The van der Waals surface area contributed by atoms with Gasteiger partial charge in [0.25, 0.3) is 0 Å². The van der Waals surface area contributed by atoms with Crippen LogP contribution in [0.25, 0.3) is 0 Å². The Balaban J connectivity index is 7.20. The highest BCUT2D eigenvalue weighted by molar-refractivity contribution is 5.85. The molecule has 0 aliphatic rings. The Morgan fingerprint density at radius 2 is 0.769 bits per heavy atom. The van der Waals surface area contributed by atoms with Crippen LogP contribution in [0.4, 0.5) is 70.2 Å². The van der Waals surface area contributed by atoms with Crippen LogP contribution in [0.1, 0.15) is 6.42 Å². The average molecular weight is 430 g/mol. The third-order valence-electron chi connectivity index (χ3n) is 3.01. The minimum absolute atomic E-state index is 4.30. The lowest BCUT2D eigenvalue weighted by Crippen LogP contribution is -2.71. The van der Waals surface area contributed by atoms with E-state index in [1.807, 2.05) is 0 Å².